The number of anilines is 3. The summed E-state index contributed by atoms with van der Waals surface area (Å²) in [6, 6.07) is 75.0. The van der Waals surface area contributed by atoms with Gasteiger partial charge in [-0.05, 0) is 96.2 Å². The van der Waals surface area contributed by atoms with E-state index < -0.39 is 5.41 Å². The van der Waals surface area contributed by atoms with Crippen LogP contribution in [0.15, 0.2) is 210 Å². The first-order valence-corrected chi connectivity index (χ1v) is 21.1. The zero-order chi connectivity index (χ0) is 38.6. The van der Waals surface area contributed by atoms with E-state index in [1.165, 1.54) is 93.0 Å². The zero-order valence-electron chi connectivity index (χ0n) is 32.4. The zero-order valence-corrected chi connectivity index (χ0v) is 33.2. The highest BCUT2D eigenvalue weighted by Crippen LogP contribution is 2.65. The van der Waals surface area contributed by atoms with Crippen molar-refractivity contribution in [2.75, 3.05) is 4.90 Å². The fourth-order valence-corrected chi connectivity index (χ4v) is 12.0. The Hall–Kier alpha value is -6.61. The lowest BCUT2D eigenvalue weighted by atomic mass is 9.67. The predicted molar refractivity (Wildman–Crippen MR) is 243 cm³/mol. The highest BCUT2D eigenvalue weighted by Gasteiger charge is 2.51. The van der Waals surface area contributed by atoms with Crippen molar-refractivity contribution in [2.24, 2.45) is 0 Å². The maximum atomic E-state index is 2.56. The van der Waals surface area contributed by atoms with Gasteiger partial charge in [0.2, 0.25) is 0 Å². The Labute approximate surface area is 344 Å². The maximum absolute atomic E-state index is 2.56. The van der Waals surface area contributed by atoms with E-state index in [4.69, 9.17) is 0 Å². The van der Waals surface area contributed by atoms with Crippen LogP contribution in [0.2, 0.25) is 0 Å². The van der Waals surface area contributed by atoms with Crippen molar-refractivity contribution in [2.45, 2.75) is 34.5 Å². The van der Waals surface area contributed by atoms with E-state index in [0.29, 0.717) is 0 Å². The Morgan fingerprint density at radius 2 is 0.931 bits per heavy atom. The molecule has 12 rings (SSSR count). The summed E-state index contributed by atoms with van der Waals surface area (Å²) in [7, 11) is 0. The number of rotatable bonds is 4. The van der Waals surface area contributed by atoms with Crippen LogP contribution in [0, 0.1) is 0 Å². The molecule has 1 aliphatic heterocycles. The summed E-state index contributed by atoms with van der Waals surface area (Å²) in [6.07, 6.45) is 0. The topological polar surface area (TPSA) is 3.24 Å². The molecular formula is C56H39NS. The lowest BCUT2D eigenvalue weighted by Gasteiger charge is -2.42. The minimum absolute atomic E-state index is 0.142. The number of fused-ring (bicyclic) bond motifs is 14. The predicted octanol–water partition coefficient (Wildman–Crippen LogP) is 15.1. The summed E-state index contributed by atoms with van der Waals surface area (Å²) < 4.78 is 0. The lowest BCUT2D eigenvalue weighted by molar-refractivity contribution is 0.660. The van der Waals surface area contributed by atoms with Crippen molar-refractivity contribution < 1.29 is 0 Å². The molecule has 3 aliphatic rings. The molecule has 0 fully saturated rings. The summed E-state index contributed by atoms with van der Waals surface area (Å²) in [5.74, 6) is 0. The van der Waals surface area contributed by atoms with Crippen LogP contribution in [0.3, 0.4) is 0 Å². The molecule has 9 aromatic rings. The third-order valence-corrected chi connectivity index (χ3v) is 14.4. The van der Waals surface area contributed by atoms with Crippen molar-refractivity contribution in [1.29, 1.82) is 0 Å². The lowest BCUT2D eigenvalue weighted by Crippen LogP contribution is -2.32. The van der Waals surface area contributed by atoms with Crippen LogP contribution in [0.1, 0.15) is 47.2 Å². The molecule has 0 aromatic heterocycles. The minimum atomic E-state index is -0.505. The first-order valence-electron chi connectivity index (χ1n) is 20.3. The Bertz CT molecular complexity index is 3090. The molecule has 1 nitrogen and oxygen atoms in total. The van der Waals surface area contributed by atoms with Gasteiger partial charge in [-0.3, -0.25) is 0 Å². The number of hydrogen-bond donors (Lipinski definition) is 0. The third kappa shape index (κ3) is 4.50. The summed E-state index contributed by atoms with van der Waals surface area (Å²) in [5.41, 5.74) is 18.6. The van der Waals surface area contributed by atoms with Crippen LogP contribution in [0.5, 0.6) is 0 Å². The molecule has 0 bridgehead atoms. The van der Waals surface area contributed by atoms with E-state index in [-0.39, 0.29) is 5.41 Å². The molecule has 1 spiro atoms. The summed E-state index contributed by atoms with van der Waals surface area (Å²) in [6.45, 7) is 4.76. The van der Waals surface area contributed by atoms with Gasteiger partial charge in [0.05, 0.1) is 16.8 Å². The molecule has 0 unspecified atom stereocenters. The van der Waals surface area contributed by atoms with Crippen molar-refractivity contribution in [3.8, 4) is 33.4 Å². The van der Waals surface area contributed by atoms with Gasteiger partial charge in [-0.15, -0.1) is 0 Å². The monoisotopic (exact) mass is 757 g/mol. The van der Waals surface area contributed by atoms with Gasteiger partial charge in [0, 0.05) is 26.5 Å². The SMILES string of the molecule is CC1(C)c2ccccc2-c2ccc(N(c3ccccc3-c3ccccc3)c3cccc4c3Sc3c(ccc5ccccc35)C43c4ccccc4-c4ccccc43)cc21. The van der Waals surface area contributed by atoms with Gasteiger partial charge >= 0.3 is 0 Å². The van der Waals surface area contributed by atoms with Crippen LogP contribution >= 0.6 is 11.8 Å². The van der Waals surface area contributed by atoms with Crippen molar-refractivity contribution in [3.63, 3.8) is 0 Å². The summed E-state index contributed by atoms with van der Waals surface area (Å²) in [4.78, 5) is 5.17. The van der Waals surface area contributed by atoms with Gasteiger partial charge < -0.3 is 4.90 Å². The second-order valence-corrected chi connectivity index (χ2v) is 17.4. The van der Waals surface area contributed by atoms with Gasteiger partial charge in [0.25, 0.3) is 0 Å². The van der Waals surface area contributed by atoms with Crippen LogP contribution in [0.25, 0.3) is 44.2 Å². The first kappa shape index (κ1) is 33.5. The number of nitrogens with zero attached hydrogens (tertiary/aromatic N) is 1. The van der Waals surface area contributed by atoms with Crippen molar-refractivity contribution in [3.05, 3.63) is 234 Å². The molecule has 1 heterocycles. The molecule has 2 aliphatic carbocycles. The first-order chi connectivity index (χ1) is 28.5. The molecular weight excluding hydrogens is 719 g/mol. The van der Waals surface area contributed by atoms with E-state index >= 15 is 0 Å². The van der Waals surface area contributed by atoms with Crippen LogP contribution in [-0.4, -0.2) is 0 Å². The smallest absolute Gasteiger partial charge is 0.0736 e. The van der Waals surface area contributed by atoms with Crippen molar-refractivity contribution >= 4 is 39.6 Å². The highest BCUT2D eigenvalue weighted by molar-refractivity contribution is 8.00. The fourth-order valence-electron chi connectivity index (χ4n) is 10.6. The second kappa shape index (κ2) is 12.4. The molecule has 0 radical (unpaired) electrons. The van der Waals surface area contributed by atoms with Gasteiger partial charge in [-0.2, -0.15) is 0 Å². The normalized spacial score (nSPS) is 14.6. The standard InChI is InChI=1S/C56H39NS/c1-55(2)45-25-12-8-22-41(45)44-33-32-38(35-50(44)55)57(51-29-15-11-20-39(51)36-17-4-3-5-18-36)52-30-16-28-48-54(52)58-53-40-21-7-6-19-37(40)31-34-49(53)56(48)46-26-13-9-23-42(46)43-24-10-14-27-47(43)56/h3-35H,1-2H3. The van der Waals surface area contributed by atoms with E-state index in [9.17, 15) is 0 Å². The molecule has 2 heteroatoms. The van der Waals surface area contributed by atoms with E-state index in [0.717, 1.165) is 11.4 Å². The molecule has 274 valence electrons. The van der Waals surface area contributed by atoms with Crippen LogP contribution in [-0.2, 0) is 10.8 Å². The second-order valence-electron chi connectivity index (χ2n) is 16.4. The molecule has 58 heavy (non-hydrogen) atoms. The minimum Gasteiger partial charge on any atom is -0.309 e. The van der Waals surface area contributed by atoms with Gasteiger partial charge in [-0.1, -0.05) is 202 Å². The Balaban J connectivity index is 1.19. The number of hydrogen-bond acceptors (Lipinski definition) is 2. The molecule has 0 N–H and O–H groups in total. The maximum Gasteiger partial charge on any atom is 0.0736 e. The molecule has 0 amide bonds. The number of benzene rings is 9. The summed E-state index contributed by atoms with van der Waals surface area (Å²) >= 11 is 1.94. The third-order valence-electron chi connectivity index (χ3n) is 13.1. The highest BCUT2D eigenvalue weighted by atomic mass is 32.2. The molecule has 0 saturated carbocycles. The largest absolute Gasteiger partial charge is 0.309 e. The number of para-hydroxylation sites is 1. The van der Waals surface area contributed by atoms with Gasteiger partial charge in [-0.25, -0.2) is 0 Å². The molecule has 0 saturated heterocycles. The van der Waals surface area contributed by atoms with Gasteiger partial charge in [0.1, 0.15) is 0 Å². The molecule has 0 atom stereocenters. The van der Waals surface area contributed by atoms with E-state index in [1.807, 2.05) is 11.8 Å². The van der Waals surface area contributed by atoms with Crippen LogP contribution in [0.4, 0.5) is 17.1 Å². The average Bonchev–Trinajstić information content (AvgIpc) is 3.70. The van der Waals surface area contributed by atoms with E-state index in [1.54, 1.807) is 0 Å². The Morgan fingerprint density at radius 3 is 1.69 bits per heavy atom. The van der Waals surface area contributed by atoms with Crippen molar-refractivity contribution in [1.82, 2.24) is 0 Å². The van der Waals surface area contributed by atoms with Crippen LogP contribution < -0.4 is 4.90 Å². The fraction of sp³-hybridized carbons (Fsp3) is 0.0714. The quantitative estimate of drug-likeness (QED) is 0.176. The van der Waals surface area contributed by atoms with E-state index in [2.05, 4.69) is 219 Å². The van der Waals surface area contributed by atoms with Gasteiger partial charge in [0.15, 0.2) is 0 Å². The molecule has 9 aromatic carbocycles. The summed E-state index contributed by atoms with van der Waals surface area (Å²) in [5, 5.41) is 2.55. The Kier molecular flexibility index (Phi) is 7.19. The average molecular weight is 758 g/mol. The Morgan fingerprint density at radius 1 is 0.379 bits per heavy atom.